The number of esters is 1. The monoisotopic (exact) mass is 315 g/mol. The molecule has 1 aliphatic heterocycles. The highest BCUT2D eigenvalue weighted by atomic mass is 32.2. The summed E-state index contributed by atoms with van der Waals surface area (Å²) in [4.78, 5) is 16.5. The summed E-state index contributed by atoms with van der Waals surface area (Å²) in [6.45, 7) is 1.92. The number of carbonyl (C=O) groups excluding carboxylic acids is 1. The summed E-state index contributed by atoms with van der Waals surface area (Å²) < 4.78 is 7.13. The van der Waals surface area contributed by atoms with Crippen LogP contribution in [0.4, 0.5) is 0 Å². The van der Waals surface area contributed by atoms with Gasteiger partial charge in [-0.2, -0.15) is 0 Å². The predicted octanol–water partition coefficient (Wildman–Crippen LogP) is 2.94. The van der Waals surface area contributed by atoms with Gasteiger partial charge in [0.1, 0.15) is 17.2 Å². The van der Waals surface area contributed by atoms with Gasteiger partial charge in [-0.05, 0) is 31.9 Å². The Morgan fingerprint density at radius 1 is 1.27 bits per heavy atom. The molecule has 0 bridgehead atoms. The molecule has 2 aliphatic rings. The van der Waals surface area contributed by atoms with Gasteiger partial charge in [0.2, 0.25) is 5.16 Å². The van der Waals surface area contributed by atoms with Crippen LogP contribution in [0.25, 0.3) is 5.69 Å². The van der Waals surface area contributed by atoms with E-state index in [0.29, 0.717) is 11.1 Å². The van der Waals surface area contributed by atoms with Crippen molar-refractivity contribution < 1.29 is 9.53 Å². The van der Waals surface area contributed by atoms with E-state index >= 15 is 0 Å². The van der Waals surface area contributed by atoms with Gasteiger partial charge >= 0.3 is 5.97 Å². The highest BCUT2D eigenvalue weighted by molar-refractivity contribution is 8.00. The average molecular weight is 315 g/mol. The molecule has 22 heavy (non-hydrogen) atoms. The van der Waals surface area contributed by atoms with Crippen molar-refractivity contribution in [2.45, 2.75) is 48.6 Å². The minimum absolute atomic E-state index is 0.0101. The molecule has 2 atom stereocenters. The topological polar surface area (TPSA) is 57.0 Å². The van der Waals surface area contributed by atoms with Crippen LogP contribution in [0.3, 0.4) is 0 Å². The van der Waals surface area contributed by atoms with Crippen LogP contribution in [0, 0.1) is 0 Å². The third-order valence-corrected chi connectivity index (χ3v) is 4.98. The third-order valence-electron chi connectivity index (χ3n) is 3.93. The van der Waals surface area contributed by atoms with Crippen LogP contribution in [0.5, 0.6) is 0 Å². The second-order valence-corrected chi connectivity index (χ2v) is 7.03. The number of rotatable bonds is 4. The quantitative estimate of drug-likeness (QED) is 0.812. The molecule has 1 aromatic heterocycles. The highest BCUT2D eigenvalue weighted by Gasteiger charge is 2.35. The lowest BCUT2D eigenvalue weighted by atomic mass is 10.3. The molecule has 1 saturated heterocycles. The maximum absolute atomic E-state index is 11.8. The summed E-state index contributed by atoms with van der Waals surface area (Å²) in [6, 6.07) is 10.0. The Bertz CT molecular complexity index is 697. The van der Waals surface area contributed by atoms with Crippen LogP contribution >= 0.6 is 11.8 Å². The molecule has 0 spiro atoms. The van der Waals surface area contributed by atoms with E-state index in [0.717, 1.165) is 30.8 Å². The lowest BCUT2D eigenvalue weighted by molar-refractivity contribution is -0.140. The number of thioether (sulfide) groups is 1. The number of benzene rings is 1. The number of carbonyl (C=O) groups is 1. The largest absolute Gasteiger partial charge is 0.462 e. The standard InChI is InChI=1S/C16H17N3O2S/c1-10-9-13(15(20)21-10)22-16-17-14(11-7-8-11)19(18-16)12-5-3-2-4-6-12/h2-6,10-11,13H,7-9H2,1H3/t10-,13-/m1/s1. The first-order valence-electron chi connectivity index (χ1n) is 7.60. The molecule has 0 unspecified atom stereocenters. The summed E-state index contributed by atoms with van der Waals surface area (Å²) >= 11 is 1.42. The van der Waals surface area contributed by atoms with Crippen molar-refractivity contribution in [1.82, 2.24) is 14.8 Å². The zero-order valence-corrected chi connectivity index (χ0v) is 13.1. The SMILES string of the molecule is C[C@@H]1C[C@@H](Sc2nc(C3CC3)n(-c3ccccc3)n2)C(=O)O1. The summed E-state index contributed by atoms with van der Waals surface area (Å²) in [5.74, 6) is 1.35. The van der Waals surface area contributed by atoms with Gasteiger partial charge in [-0.15, -0.1) is 5.10 Å². The van der Waals surface area contributed by atoms with Crippen molar-refractivity contribution >= 4 is 17.7 Å². The smallest absolute Gasteiger partial charge is 0.319 e. The van der Waals surface area contributed by atoms with Crippen molar-refractivity contribution in [1.29, 1.82) is 0 Å². The molecule has 0 N–H and O–H groups in total. The Morgan fingerprint density at radius 2 is 2.05 bits per heavy atom. The van der Waals surface area contributed by atoms with Gasteiger partial charge in [-0.25, -0.2) is 9.67 Å². The van der Waals surface area contributed by atoms with Gasteiger partial charge < -0.3 is 4.74 Å². The van der Waals surface area contributed by atoms with Crippen LogP contribution < -0.4 is 0 Å². The molecule has 114 valence electrons. The van der Waals surface area contributed by atoms with Crippen molar-refractivity contribution in [3.8, 4) is 5.69 Å². The summed E-state index contributed by atoms with van der Waals surface area (Å²) in [6.07, 6.45) is 3.04. The fourth-order valence-corrected chi connectivity index (χ4v) is 3.71. The van der Waals surface area contributed by atoms with E-state index in [2.05, 4.69) is 10.1 Å². The number of hydrogen-bond donors (Lipinski definition) is 0. The van der Waals surface area contributed by atoms with E-state index in [-0.39, 0.29) is 17.3 Å². The Kier molecular flexibility index (Phi) is 3.41. The maximum atomic E-state index is 11.8. The summed E-state index contributed by atoms with van der Waals surface area (Å²) in [7, 11) is 0. The maximum Gasteiger partial charge on any atom is 0.319 e. The molecular weight excluding hydrogens is 298 g/mol. The summed E-state index contributed by atoms with van der Waals surface area (Å²) in [5, 5.41) is 5.11. The molecule has 1 saturated carbocycles. The zero-order valence-electron chi connectivity index (χ0n) is 12.3. The second-order valence-electron chi connectivity index (χ2n) is 5.86. The molecule has 0 radical (unpaired) electrons. The predicted molar refractivity (Wildman–Crippen MR) is 83.2 cm³/mol. The number of hydrogen-bond acceptors (Lipinski definition) is 5. The molecule has 2 fully saturated rings. The molecule has 4 rings (SSSR count). The van der Waals surface area contributed by atoms with Crippen LogP contribution in [-0.2, 0) is 9.53 Å². The molecule has 2 heterocycles. The van der Waals surface area contributed by atoms with E-state index in [4.69, 9.17) is 4.74 Å². The van der Waals surface area contributed by atoms with Gasteiger partial charge in [0, 0.05) is 12.3 Å². The fourth-order valence-electron chi connectivity index (χ4n) is 2.66. The van der Waals surface area contributed by atoms with E-state index in [1.54, 1.807) is 0 Å². The normalized spacial score (nSPS) is 24.5. The van der Waals surface area contributed by atoms with Gasteiger partial charge in [0.15, 0.2) is 0 Å². The lowest BCUT2D eigenvalue weighted by Gasteiger charge is -2.03. The van der Waals surface area contributed by atoms with E-state index in [1.807, 2.05) is 41.9 Å². The van der Waals surface area contributed by atoms with Crippen LogP contribution in [0.1, 0.15) is 37.9 Å². The van der Waals surface area contributed by atoms with Crippen molar-refractivity contribution in [2.24, 2.45) is 0 Å². The number of ether oxygens (including phenoxy) is 1. The highest BCUT2D eigenvalue weighted by Crippen LogP contribution is 2.41. The van der Waals surface area contributed by atoms with E-state index in [9.17, 15) is 4.79 Å². The Hall–Kier alpha value is -1.82. The van der Waals surface area contributed by atoms with Crippen molar-refractivity contribution in [2.75, 3.05) is 0 Å². The van der Waals surface area contributed by atoms with Crippen LogP contribution in [0.15, 0.2) is 35.5 Å². The first-order chi connectivity index (χ1) is 10.7. The van der Waals surface area contributed by atoms with E-state index in [1.165, 1.54) is 11.8 Å². The number of aromatic nitrogens is 3. The van der Waals surface area contributed by atoms with Crippen molar-refractivity contribution in [3.05, 3.63) is 36.2 Å². The minimum Gasteiger partial charge on any atom is -0.462 e. The summed E-state index contributed by atoms with van der Waals surface area (Å²) in [5.41, 5.74) is 1.02. The zero-order chi connectivity index (χ0) is 15.1. The molecule has 2 aromatic rings. The minimum atomic E-state index is -0.186. The van der Waals surface area contributed by atoms with E-state index < -0.39 is 0 Å². The molecule has 1 aromatic carbocycles. The molecule has 0 amide bonds. The van der Waals surface area contributed by atoms with Crippen LogP contribution in [-0.4, -0.2) is 32.1 Å². The average Bonchev–Trinajstić information content (AvgIpc) is 3.20. The molecule has 5 nitrogen and oxygen atoms in total. The van der Waals surface area contributed by atoms with Gasteiger partial charge in [0.05, 0.1) is 5.69 Å². The fraction of sp³-hybridized carbons (Fsp3) is 0.438. The van der Waals surface area contributed by atoms with Gasteiger partial charge in [0.25, 0.3) is 0 Å². The number of nitrogens with zero attached hydrogens (tertiary/aromatic N) is 3. The van der Waals surface area contributed by atoms with Gasteiger partial charge in [-0.1, -0.05) is 30.0 Å². The molecule has 1 aliphatic carbocycles. The Morgan fingerprint density at radius 3 is 2.68 bits per heavy atom. The Labute approximate surface area is 133 Å². The molecule has 6 heteroatoms. The molecular formula is C16H17N3O2S. The first kappa shape index (κ1) is 13.8. The van der Waals surface area contributed by atoms with Crippen molar-refractivity contribution in [3.63, 3.8) is 0 Å². The Balaban J connectivity index is 1.63. The third kappa shape index (κ3) is 2.63. The number of para-hydroxylation sites is 1. The van der Waals surface area contributed by atoms with Crippen LogP contribution in [0.2, 0.25) is 0 Å². The first-order valence-corrected chi connectivity index (χ1v) is 8.48. The lowest BCUT2D eigenvalue weighted by Crippen LogP contribution is -2.09. The second kappa shape index (κ2) is 5.43. The number of cyclic esters (lactones) is 1. The van der Waals surface area contributed by atoms with Gasteiger partial charge in [-0.3, -0.25) is 4.79 Å².